The molecule has 3 N–H and O–H groups in total. The standard InChI is InChI=1S/C21H21ClN4O2S2/c22-11-4-6-13(7-5-11)29-10-17-24-20(26-9-12(27)8-15(26)19(23)28)18-14-2-1-3-16(14)30-21(18)25-17/h4-7,12,15,27H,1-3,8-10H2,(H2,23,28)/t12-,15+/m0/s1. The second-order valence-corrected chi connectivity index (χ2v) is 10.3. The van der Waals surface area contributed by atoms with E-state index in [4.69, 9.17) is 27.3 Å². The van der Waals surface area contributed by atoms with Crippen LogP contribution in [0.25, 0.3) is 10.2 Å². The number of hydrogen-bond donors (Lipinski definition) is 2. The predicted molar refractivity (Wildman–Crippen MR) is 121 cm³/mol. The summed E-state index contributed by atoms with van der Waals surface area (Å²) in [7, 11) is 0. The first-order chi connectivity index (χ1) is 14.5. The minimum absolute atomic E-state index is 0.335. The smallest absolute Gasteiger partial charge is 0.240 e. The molecule has 5 rings (SSSR count). The number of primary amides is 1. The summed E-state index contributed by atoms with van der Waals surface area (Å²) in [5, 5.41) is 12.0. The first-order valence-corrected chi connectivity index (χ1v) is 12.1. The van der Waals surface area contributed by atoms with Gasteiger partial charge in [0.2, 0.25) is 5.91 Å². The van der Waals surface area contributed by atoms with Gasteiger partial charge in [-0.2, -0.15) is 0 Å². The topological polar surface area (TPSA) is 92.3 Å². The molecule has 30 heavy (non-hydrogen) atoms. The lowest BCUT2D eigenvalue weighted by atomic mass is 10.1. The molecule has 1 aliphatic carbocycles. The Bertz CT molecular complexity index is 1120. The third-order valence-corrected chi connectivity index (χ3v) is 8.10. The number of nitrogens with zero attached hydrogens (tertiary/aromatic N) is 3. The molecule has 2 aromatic heterocycles. The molecular weight excluding hydrogens is 440 g/mol. The van der Waals surface area contributed by atoms with Crippen molar-refractivity contribution >= 4 is 56.6 Å². The highest BCUT2D eigenvalue weighted by Crippen LogP contribution is 2.42. The minimum Gasteiger partial charge on any atom is -0.391 e. The minimum atomic E-state index is -0.592. The number of hydrogen-bond acceptors (Lipinski definition) is 7. The Morgan fingerprint density at radius 1 is 1.30 bits per heavy atom. The Morgan fingerprint density at radius 2 is 2.10 bits per heavy atom. The van der Waals surface area contributed by atoms with Crippen LogP contribution >= 0.6 is 34.7 Å². The van der Waals surface area contributed by atoms with Crippen LogP contribution in [0.4, 0.5) is 5.82 Å². The number of rotatable bonds is 5. The number of aliphatic hydroxyl groups is 1. The summed E-state index contributed by atoms with van der Waals surface area (Å²) >= 11 is 9.34. The molecule has 1 saturated heterocycles. The van der Waals surface area contributed by atoms with Crippen molar-refractivity contribution in [2.75, 3.05) is 11.4 Å². The number of aryl methyl sites for hydroxylation is 2. The maximum Gasteiger partial charge on any atom is 0.240 e. The molecule has 0 saturated carbocycles. The van der Waals surface area contributed by atoms with Crippen LogP contribution in [0.1, 0.15) is 29.1 Å². The summed E-state index contributed by atoms with van der Waals surface area (Å²) in [6.45, 7) is 0.355. The summed E-state index contributed by atoms with van der Waals surface area (Å²) in [5.41, 5.74) is 6.96. The maximum absolute atomic E-state index is 12.1. The van der Waals surface area contributed by atoms with Gasteiger partial charge < -0.3 is 15.7 Å². The monoisotopic (exact) mass is 460 g/mol. The van der Waals surface area contributed by atoms with Crippen LogP contribution in [0, 0.1) is 0 Å². The van der Waals surface area contributed by atoms with Crippen molar-refractivity contribution < 1.29 is 9.90 Å². The van der Waals surface area contributed by atoms with Gasteiger partial charge in [0, 0.05) is 27.8 Å². The molecule has 0 radical (unpaired) electrons. The van der Waals surface area contributed by atoms with Crippen LogP contribution in [-0.2, 0) is 23.4 Å². The van der Waals surface area contributed by atoms with Crippen LogP contribution in [0.15, 0.2) is 29.2 Å². The van der Waals surface area contributed by atoms with Gasteiger partial charge in [-0.1, -0.05) is 11.6 Å². The van der Waals surface area contributed by atoms with Gasteiger partial charge in [-0.3, -0.25) is 4.79 Å². The van der Waals surface area contributed by atoms with Gasteiger partial charge in [0.15, 0.2) is 0 Å². The fourth-order valence-electron chi connectivity index (χ4n) is 4.29. The summed E-state index contributed by atoms with van der Waals surface area (Å²) in [5.74, 6) is 1.63. The van der Waals surface area contributed by atoms with E-state index >= 15 is 0 Å². The van der Waals surface area contributed by atoms with E-state index in [9.17, 15) is 9.90 Å². The quantitative estimate of drug-likeness (QED) is 0.565. The highest BCUT2D eigenvalue weighted by molar-refractivity contribution is 7.98. The van der Waals surface area contributed by atoms with Gasteiger partial charge in [0.1, 0.15) is 22.5 Å². The predicted octanol–water partition coefficient (Wildman–Crippen LogP) is 3.55. The largest absolute Gasteiger partial charge is 0.391 e. The summed E-state index contributed by atoms with van der Waals surface area (Å²) in [6, 6.07) is 7.14. The van der Waals surface area contributed by atoms with Gasteiger partial charge in [-0.15, -0.1) is 23.1 Å². The van der Waals surface area contributed by atoms with Crippen molar-refractivity contribution in [3.05, 3.63) is 45.6 Å². The zero-order valence-corrected chi connectivity index (χ0v) is 18.6. The SMILES string of the molecule is NC(=O)[C@H]1C[C@H](O)CN1c1nc(CSc2ccc(Cl)cc2)nc2sc3c(c12)CCC3. The molecule has 0 bridgehead atoms. The molecule has 2 atom stereocenters. The Morgan fingerprint density at radius 3 is 2.87 bits per heavy atom. The van der Waals surface area contributed by atoms with E-state index in [-0.39, 0.29) is 0 Å². The molecule has 0 unspecified atom stereocenters. The number of amides is 1. The second-order valence-electron chi connectivity index (χ2n) is 7.70. The molecule has 3 heterocycles. The van der Waals surface area contributed by atoms with Crippen molar-refractivity contribution in [3.8, 4) is 0 Å². The van der Waals surface area contributed by atoms with Crippen LogP contribution in [-0.4, -0.2) is 39.7 Å². The lowest BCUT2D eigenvalue weighted by Crippen LogP contribution is -2.41. The van der Waals surface area contributed by atoms with Crippen molar-refractivity contribution in [1.29, 1.82) is 0 Å². The molecule has 1 aliphatic heterocycles. The van der Waals surface area contributed by atoms with Crippen LogP contribution in [0.3, 0.4) is 0 Å². The average Bonchev–Trinajstić information content (AvgIpc) is 3.41. The van der Waals surface area contributed by atoms with Gasteiger partial charge >= 0.3 is 0 Å². The second kappa shape index (κ2) is 8.00. The molecular formula is C21H21ClN4O2S2. The Labute approximate surface area is 187 Å². The zero-order valence-electron chi connectivity index (χ0n) is 16.2. The number of carbonyl (C=O) groups is 1. The van der Waals surface area contributed by atoms with E-state index in [1.807, 2.05) is 29.2 Å². The number of carbonyl (C=O) groups excluding carboxylic acids is 1. The van der Waals surface area contributed by atoms with E-state index in [1.165, 1.54) is 10.4 Å². The molecule has 3 aromatic rings. The van der Waals surface area contributed by atoms with Crippen LogP contribution < -0.4 is 10.6 Å². The average molecular weight is 461 g/mol. The fourth-order valence-corrected chi connectivity index (χ4v) is 6.44. The molecule has 1 fully saturated rings. The van der Waals surface area contributed by atoms with Crippen molar-refractivity contribution in [3.63, 3.8) is 0 Å². The fraction of sp³-hybridized carbons (Fsp3) is 0.381. The number of halogens is 1. The summed E-state index contributed by atoms with van der Waals surface area (Å²) < 4.78 is 0. The first-order valence-electron chi connectivity index (χ1n) is 9.93. The Kier molecular flexibility index (Phi) is 5.35. The van der Waals surface area contributed by atoms with Gasteiger partial charge in [-0.25, -0.2) is 9.97 Å². The van der Waals surface area contributed by atoms with Gasteiger partial charge in [0.05, 0.1) is 17.2 Å². The molecule has 2 aliphatic rings. The van der Waals surface area contributed by atoms with E-state index in [0.29, 0.717) is 29.6 Å². The normalized spacial score (nSPS) is 20.8. The number of anilines is 1. The molecule has 1 amide bonds. The third-order valence-electron chi connectivity index (χ3n) is 5.65. The van der Waals surface area contributed by atoms with Crippen molar-refractivity contribution in [2.24, 2.45) is 5.73 Å². The first kappa shape index (κ1) is 20.1. The lowest BCUT2D eigenvalue weighted by molar-refractivity contribution is -0.119. The number of fused-ring (bicyclic) bond motifs is 3. The molecule has 156 valence electrons. The number of aliphatic hydroxyl groups excluding tert-OH is 1. The highest BCUT2D eigenvalue weighted by Gasteiger charge is 2.38. The van der Waals surface area contributed by atoms with Gasteiger partial charge in [0.25, 0.3) is 0 Å². The number of β-amino-alcohol motifs (C(OH)–C–C–N with tert-alkyl or cyclic N) is 1. The van der Waals surface area contributed by atoms with Crippen molar-refractivity contribution in [2.45, 2.75) is 48.5 Å². The molecule has 0 spiro atoms. The summed E-state index contributed by atoms with van der Waals surface area (Å²) in [4.78, 5) is 27.1. The Hall–Kier alpha value is -1.87. The van der Waals surface area contributed by atoms with E-state index < -0.39 is 18.1 Å². The van der Waals surface area contributed by atoms with Crippen molar-refractivity contribution in [1.82, 2.24) is 9.97 Å². The zero-order chi connectivity index (χ0) is 20.8. The lowest BCUT2D eigenvalue weighted by Gasteiger charge is -2.24. The third kappa shape index (κ3) is 3.66. The summed E-state index contributed by atoms with van der Waals surface area (Å²) in [6.07, 6.45) is 2.94. The molecule has 1 aromatic carbocycles. The number of thiophene rings is 1. The highest BCUT2D eigenvalue weighted by atomic mass is 35.5. The van der Waals surface area contributed by atoms with E-state index in [2.05, 4.69) is 0 Å². The van der Waals surface area contributed by atoms with E-state index in [1.54, 1.807) is 23.1 Å². The number of thioether (sulfide) groups is 1. The van der Waals surface area contributed by atoms with Crippen LogP contribution in [0.5, 0.6) is 0 Å². The number of benzene rings is 1. The number of nitrogens with two attached hydrogens (primary N) is 1. The maximum atomic E-state index is 12.1. The van der Waals surface area contributed by atoms with Crippen LogP contribution in [0.2, 0.25) is 5.02 Å². The van der Waals surface area contributed by atoms with E-state index in [0.717, 1.165) is 40.2 Å². The molecule has 6 nitrogen and oxygen atoms in total. The molecule has 9 heteroatoms. The van der Waals surface area contributed by atoms with Gasteiger partial charge in [-0.05, 0) is 49.1 Å². The Balaban J connectivity index is 1.55. The number of aromatic nitrogens is 2.